The van der Waals surface area contributed by atoms with Crippen molar-refractivity contribution in [3.63, 3.8) is 0 Å². The van der Waals surface area contributed by atoms with Gasteiger partial charge in [0.15, 0.2) is 0 Å². The molecule has 120 valence electrons. The molecule has 1 aromatic carbocycles. The molecule has 1 aliphatic heterocycles. The molecular formula is C16H20ClNO4. The number of piperidine rings is 1. The van der Waals surface area contributed by atoms with Crippen molar-refractivity contribution in [1.82, 2.24) is 4.90 Å². The molecule has 1 N–H and O–H groups in total. The topological polar surface area (TPSA) is 66.8 Å². The van der Waals surface area contributed by atoms with Crippen molar-refractivity contribution in [2.75, 3.05) is 6.54 Å². The van der Waals surface area contributed by atoms with Crippen molar-refractivity contribution < 1.29 is 19.4 Å². The van der Waals surface area contributed by atoms with Crippen LogP contribution in [0.5, 0.6) is 0 Å². The zero-order valence-electron chi connectivity index (χ0n) is 12.9. The third kappa shape index (κ3) is 3.99. The fraction of sp³-hybridized carbons (Fsp3) is 0.500. The average Bonchev–Trinajstić information content (AvgIpc) is 2.40. The summed E-state index contributed by atoms with van der Waals surface area (Å²) < 4.78 is 5.19. The largest absolute Gasteiger partial charge is 0.443 e. The van der Waals surface area contributed by atoms with Crippen LogP contribution in [0, 0.1) is 0 Å². The van der Waals surface area contributed by atoms with E-state index in [1.165, 1.54) is 0 Å². The Morgan fingerprint density at radius 1 is 1.32 bits per heavy atom. The second-order valence-electron chi connectivity index (χ2n) is 6.41. The van der Waals surface area contributed by atoms with Gasteiger partial charge < -0.3 is 9.84 Å². The summed E-state index contributed by atoms with van der Waals surface area (Å²) in [5.74, 6) is -0.692. The molecule has 0 unspecified atom stereocenters. The summed E-state index contributed by atoms with van der Waals surface area (Å²) in [5, 5.41) is 10.9. The van der Waals surface area contributed by atoms with Crippen molar-refractivity contribution in [1.29, 1.82) is 0 Å². The number of aliphatic hydroxyl groups is 1. The molecular weight excluding hydrogens is 306 g/mol. The maximum atomic E-state index is 12.2. The van der Waals surface area contributed by atoms with Gasteiger partial charge in [0, 0.05) is 17.4 Å². The zero-order chi connectivity index (χ0) is 16.5. The van der Waals surface area contributed by atoms with Crippen molar-refractivity contribution in [2.24, 2.45) is 0 Å². The molecule has 2 atom stereocenters. The summed E-state index contributed by atoms with van der Waals surface area (Å²) in [6.07, 6.45) is -1.49. The highest BCUT2D eigenvalue weighted by molar-refractivity contribution is 6.30. The van der Waals surface area contributed by atoms with E-state index in [1.54, 1.807) is 45.0 Å². The number of β-amino-alcohol motifs (C(OH)–C–C–N with tert-alkyl or cyclic N) is 1. The van der Waals surface area contributed by atoms with Crippen molar-refractivity contribution in [2.45, 2.75) is 44.8 Å². The molecule has 0 spiro atoms. The Morgan fingerprint density at radius 3 is 2.45 bits per heavy atom. The van der Waals surface area contributed by atoms with Gasteiger partial charge in [0.05, 0.1) is 12.6 Å². The highest BCUT2D eigenvalue weighted by Crippen LogP contribution is 2.30. The first-order valence-corrected chi connectivity index (χ1v) is 7.52. The third-order valence-electron chi connectivity index (χ3n) is 3.44. The van der Waals surface area contributed by atoms with Gasteiger partial charge in [-0.05, 0) is 38.5 Å². The van der Waals surface area contributed by atoms with Gasteiger partial charge in [-0.1, -0.05) is 23.7 Å². The average molecular weight is 326 g/mol. The molecule has 1 heterocycles. The number of imide groups is 1. The molecule has 1 fully saturated rings. The van der Waals surface area contributed by atoms with Crippen LogP contribution in [-0.2, 0) is 9.53 Å². The number of amides is 2. The maximum absolute atomic E-state index is 12.2. The Kier molecular flexibility index (Phi) is 4.78. The Hall–Kier alpha value is -1.59. The lowest BCUT2D eigenvalue weighted by atomic mass is 9.87. The number of aliphatic hydroxyl groups excluding tert-OH is 1. The van der Waals surface area contributed by atoms with E-state index < -0.39 is 17.8 Å². The number of ether oxygens (including phenoxy) is 1. The number of carbonyl (C=O) groups is 2. The number of hydrogen-bond donors (Lipinski definition) is 1. The number of nitrogens with zero attached hydrogens (tertiary/aromatic N) is 1. The van der Waals surface area contributed by atoms with Gasteiger partial charge in [-0.25, -0.2) is 9.69 Å². The number of halogens is 1. The highest BCUT2D eigenvalue weighted by Gasteiger charge is 2.38. The first-order chi connectivity index (χ1) is 10.2. The summed E-state index contributed by atoms with van der Waals surface area (Å²) in [7, 11) is 0. The maximum Gasteiger partial charge on any atom is 0.417 e. The molecule has 2 rings (SSSR count). The normalized spacial score (nSPS) is 22.6. The smallest absolute Gasteiger partial charge is 0.417 e. The molecule has 0 bridgehead atoms. The van der Waals surface area contributed by atoms with Gasteiger partial charge in [-0.15, -0.1) is 0 Å². The molecule has 6 heteroatoms. The molecule has 22 heavy (non-hydrogen) atoms. The molecule has 5 nitrogen and oxygen atoms in total. The van der Waals surface area contributed by atoms with Gasteiger partial charge >= 0.3 is 6.09 Å². The van der Waals surface area contributed by atoms with Gasteiger partial charge in [-0.3, -0.25) is 4.79 Å². The standard InChI is InChI=1S/C16H20ClNO4/c1-16(2,3)22-15(21)18-9-13(19)12(8-14(18)20)10-4-6-11(17)7-5-10/h4-7,12-13,19H,8-9H2,1-3H3/t12-,13+/m0/s1. The van der Waals surface area contributed by atoms with Gasteiger partial charge in [0.1, 0.15) is 5.60 Å². The molecule has 0 aromatic heterocycles. The summed E-state index contributed by atoms with van der Waals surface area (Å²) in [6, 6.07) is 7.00. The molecule has 1 aliphatic rings. The van der Waals surface area contributed by atoms with E-state index >= 15 is 0 Å². The highest BCUT2D eigenvalue weighted by atomic mass is 35.5. The Bertz CT molecular complexity index is 565. The summed E-state index contributed by atoms with van der Waals surface area (Å²) in [4.78, 5) is 25.2. The molecule has 1 aromatic rings. The zero-order valence-corrected chi connectivity index (χ0v) is 13.6. The van der Waals surface area contributed by atoms with Crippen LogP contribution in [0.25, 0.3) is 0 Å². The van der Waals surface area contributed by atoms with Crippen LogP contribution in [0.15, 0.2) is 24.3 Å². The molecule has 0 radical (unpaired) electrons. The molecule has 2 amide bonds. The number of hydrogen-bond acceptors (Lipinski definition) is 4. The fourth-order valence-corrected chi connectivity index (χ4v) is 2.52. The third-order valence-corrected chi connectivity index (χ3v) is 3.69. The van der Waals surface area contributed by atoms with Crippen LogP contribution in [0.2, 0.25) is 5.02 Å². The minimum absolute atomic E-state index is 0.0576. The molecule has 0 saturated carbocycles. The number of benzene rings is 1. The van der Waals surface area contributed by atoms with E-state index in [4.69, 9.17) is 16.3 Å². The first-order valence-electron chi connectivity index (χ1n) is 7.14. The Labute approximate surface area is 134 Å². The lowest BCUT2D eigenvalue weighted by Crippen LogP contribution is -2.50. The SMILES string of the molecule is CC(C)(C)OC(=O)N1C[C@@H](O)[C@H](c2ccc(Cl)cc2)CC1=O. The van der Waals surface area contributed by atoms with Gasteiger partial charge in [0.25, 0.3) is 0 Å². The summed E-state index contributed by atoms with van der Waals surface area (Å²) in [5.41, 5.74) is 0.143. The Balaban J connectivity index is 2.10. The van der Waals surface area contributed by atoms with Crippen LogP contribution in [0.4, 0.5) is 4.79 Å². The summed E-state index contributed by atoms with van der Waals surface area (Å²) >= 11 is 5.84. The minimum atomic E-state index is -0.827. The minimum Gasteiger partial charge on any atom is -0.443 e. The lowest BCUT2D eigenvalue weighted by molar-refractivity contribution is -0.136. The van der Waals surface area contributed by atoms with E-state index in [0.717, 1.165) is 10.5 Å². The number of likely N-dealkylation sites (tertiary alicyclic amines) is 1. The van der Waals surface area contributed by atoms with Crippen LogP contribution < -0.4 is 0 Å². The van der Waals surface area contributed by atoms with Crippen LogP contribution in [0.3, 0.4) is 0 Å². The van der Waals surface area contributed by atoms with Crippen molar-refractivity contribution >= 4 is 23.6 Å². The number of carbonyl (C=O) groups excluding carboxylic acids is 2. The second kappa shape index (κ2) is 6.26. The van der Waals surface area contributed by atoms with Crippen LogP contribution in [-0.4, -0.2) is 40.3 Å². The fourth-order valence-electron chi connectivity index (χ4n) is 2.39. The second-order valence-corrected chi connectivity index (χ2v) is 6.85. The van der Waals surface area contributed by atoms with E-state index in [-0.39, 0.29) is 24.8 Å². The monoisotopic (exact) mass is 325 g/mol. The number of rotatable bonds is 1. The van der Waals surface area contributed by atoms with Crippen molar-refractivity contribution in [3.05, 3.63) is 34.9 Å². The first kappa shape index (κ1) is 16.8. The van der Waals surface area contributed by atoms with E-state index in [2.05, 4.69) is 0 Å². The quantitative estimate of drug-likeness (QED) is 0.862. The predicted molar refractivity (Wildman–Crippen MR) is 82.8 cm³/mol. The van der Waals surface area contributed by atoms with Gasteiger partial charge in [-0.2, -0.15) is 0 Å². The summed E-state index contributed by atoms with van der Waals surface area (Å²) in [6.45, 7) is 5.12. The van der Waals surface area contributed by atoms with Gasteiger partial charge in [0.2, 0.25) is 5.91 Å². The molecule has 0 aliphatic carbocycles. The van der Waals surface area contributed by atoms with Crippen LogP contribution >= 0.6 is 11.6 Å². The van der Waals surface area contributed by atoms with E-state index in [9.17, 15) is 14.7 Å². The lowest BCUT2D eigenvalue weighted by Gasteiger charge is -2.35. The van der Waals surface area contributed by atoms with Crippen molar-refractivity contribution in [3.8, 4) is 0 Å². The Morgan fingerprint density at radius 2 is 1.91 bits per heavy atom. The predicted octanol–water partition coefficient (Wildman–Crippen LogP) is 2.95. The van der Waals surface area contributed by atoms with Crippen LogP contribution in [0.1, 0.15) is 38.7 Å². The molecule has 1 saturated heterocycles. The van der Waals surface area contributed by atoms with E-state index in [1.807, 2.05) is 0 Å². The van der Waals surface area contributed by atoms with E-state index in [0.29, 0.717) is 5.02 Å².